The smallest absolute Gasteiger partial charge is 0.179 e. The molecule has 2 aromatic heterocycles. The van der Waals surface area contributed by atoms with Crippen LogP contribution in [0.4, 0.5) is 5.69 Å². The molecule has 34 heavy (non-hydrogen) atoms. The van der Waals surface area contributed by atoms with Crippen molar-refractivity contribution in [2.24, 2.45) is 4.99 Å². The first-order valence-corrected chi connectivity index (χ1v) is 12.6. The van der Waals surface area contributed by atoms with Crippen molar-refractivity contribution in [1.29, 1.82) is 0 Å². The van der Waals surface area contributed by atoms with Gasteiger partial charge < -0.3 is 20.2 Å². The van der Waals surface area contributed by atoms with Crippen LogP contribution in [0.1, 0.15) is 17.2 Å². The number of aromatic amines is 2. The second-order valence-corrected chi connectivity index (χ2v) is 10.3. The van der Waals surface area contributed by atoms with Crippen LogP contribution in [0.2, 0.25) is 0 Å². The topological polar surface area (TPSA) is 72.1 Å². The van der Waals surface area contributed by atoms with Gasteiger partial charge in [0.2, 0.25) is 0 Å². The molecule has 5 aromatic rings. The molecule has 3 N–H and O–H groups in total. The molecule has 1 fully saturated rings. The van der Waals surface area contributed by atoms with Gasteiger partial charge in [-0.1, -0.05) is 37.9 Å². The number of benzene rings is 3. The normalized spacial score (nSPS) is 17.2. The van der Waals surface area contributed by atoms with E-state index in [1.54, 1.807) is 6.33 Å². The summed E-state index contributed by atoms with van der Waals surface area (Å²) in [6.07, 6.45) is 3.65. The first-order chi connectivity index (χ1) is 16.5. The van der Waals surface area contributed by atoms with Gasteiger partial charge >= 0.3 is 0 Å². The quantitative estimate of drug-likeness (QED) is 0.205. The van der Waals surface area contributed by atoms with Gasteiger partial charge in [-0.3, -0.25) is 4.99 Å². The summed E-state index contributed by atoms with van der Waals surface area (Å²) in [4.78, 5) is 17.9. The third kappa shape index (κ3) is 3.93. The van der Waals surface area contributed by atoms with E-state index in [4.69, 9.17) is 17.2 Å². The van der Waals surface area contributed by atoms with Gasteiger partial charge in [-0.05, 0) is 83.3 Å². The van der Waals surface area contributed by atoms with E-state index >= 15 is 0 Å². The fourth-order valence-corrected chi connectivity index (χ4v) is 6.01. The lowest BCUT2D eigenvalue weighted by molar-refractivity contribution is 0.925. The Balaban J connectivity index is 1.43. The predicted octanol–water partition coefficient (Wildman–Crippen LogP) is 6.60. The van der Waals surface area contributed by atoms with Gasteiger partial charge in [0, 0.05) is 26.3 Å². The Morgan fingerprint density at radius 2 is 1.79 bits per heavy atom. The number of imidazole rings is 1. The SMILES string of the molecule is S=C1N/C(=N/Cc2ccc3[nH]ccc3c2)C(c2cc(Br)cc(Br)c2)N1c1ccc2nc[nH]c2c1. The van der Waals surface area contributed by atoms with Gasteiger partial charge in [-0.2, -0.15) is 0 Å². The van der Waals surface area contributed by atoms with Crippen LogP contribution in [0, 0.1) is 0 Å². The van der Waals surface area contributed by atoms with E-state index in [1.807, 2.05) is 24.4 Å². The summed E-state index contributed by atoms with van der Waals surface area (Å²) in [5.74, 6) is 0.814. The van der Waals surface area contributed by atoms with Crippen LogP contribution in [0.25, 0.3) is 21.9 Å². The average Bonchev–Trinajstić information content (AvgIpc) is 3.54. The number of H-pyrrole nitrogens is 2. The van der Waals surface area contributed by atoms with Crippen molar-refractivity contribution in [2.75, 3.05) is 4.90 Å². The van der Waals surface area contributed by atoms with E-state index in [9.17, 15) is 0 Å². The number of aliphatic imine (C=N–C) groups is 1. The Hall–Kier alpha value is -3.01. The van der Waals surface area contributed by atoms with E-state index in [0.717, 1.165) is 48.1 Å². The molecule has 9 heteroatoms. The first-order valence-electron chi connectivity index (χ1n) is 10.6. The molecule has 0 aliphatic carbocycles. The Labute approximate surface area is 217 Å². The fourth-order valence-electron chi connectivity index (χ4n) is 4.36. The number of nitrogens with one attached hydrogen (secondary N) is 3. The number of hydrogen-bond donors (Lipinski definition) is 3. The fraction of sp³-hybridized carbons (Fsp3) is 0.0800. The van der Waals surface area contributed by atoms with Gasteiger partial charge in [-0.25, -0.2) is 4.98 Å². The average molecular weight is 594 g/mol. The van der Waals surface area contributed by atoms with Crippen LogP contribution < -0.4 is 10.2 Å². The molecule has 6 rings (SSSR count). The van der Waals surface area contributed by atoms with E-state index in [2.05, 4.69) is 99.5 Å². The molecule has 1 saturated heterocycles. The number of fused-ring (bicyclic) bond motifs is 2. The molecular weight excluding hydrogens is 576 g/mol. The number of hydrogen-bond acceptors (Lipinski definition) is 3. The Morgan fingerprint density at radius 3 is 2.65 bits per heavy atom. The number of halogens is 2. The minimum Gasteiger partial charge on any atom is -0.361 e. The minimum atomic E-state index is -0.197. The van der Waals surface area contributed by atoms with Crippen LogP contribution >= 0.6 is 44.1 Å². The summed E-state index contributed by atoms with van der Waals surface area (Å²) in [6.45, 7) is 0.547. The van der Waals surface area contributed by atoms with E-state index in [0.29, 0.717) is 11.7 Å². The highest BCUT2D eigenvalue weighted by Crippen LogP contribution is 2.36. The third-order valence-electron chi connectivity index (χ3n) is 5.90. The maximum absolute atomic E-state index is 5.81. The summed E-state index contributed by atoms with van der Waals surface area (Å²) in [6, 6.07) is 20.6. The maximum Gasteiger partial charge on any atom is 0.179 e. The van der Waals surface area contributed by atoms with Crippen LogP contribution in [-0.2, 0) is 6.54 Å². The number of thiocarbonyl (C=S) groups is 1. The number of rotatable bonds is 4. The monoisotopic (exact) mass is 592 g/mol. The lowest BCUT2D eigenvalue weighted by Gasteiger charge is -2.25. The summed E-state index contributed by atoms with van der Waals surface area (Å²) in [5.41, 5.74) is 6.16. The molecule has 0 saturated carbocycles. The minimum absolute atomic E-state index is 0.197. The van der Waals surface area contributed by atoms with Crippen molar-refractivity contribution in [2.45, 2.75) is 12.6 Å². The van der Waals surface area contributed by atoms with Crippen molar-refractivity contribution in [1.82, 2.24) is 20.3 Å². The lowest BCUT2D eigenvalue weighted by atomic mass is 10.0. The van der Waals surface area contributed by atoms with Gasteiger partial charge in [0.1, 0.15) is 11.9 Å². The molecule has 0 amide bonds. The van der Waals surface area contributed by atoms with E-state index in [-0.39, 0.29) is 6.04 Å². The number of nitrogens with zero attached hydrogens (tertiary/aromatic N) is 3. The maximum atomic E-state index is 5.81. The van der Waals surface area contributed by atoms with Gasteiger partial charge in [0.05, 0.1) is 23.9 Å². The molecule has 1 unspecified atom stereocenters. The van der Waals surface area contributed by atoms with E-state index in [1.165, 1.54) is 5.39 Å². The number of amidine groups is 1. The molecule has 3 aromatic carbocycles. The van der Waals surface area contributed by atoms with Crippen LogP contribution in [-0.4, -0.2) is 25.9 Å². The number of aromatic nitrogens is 3. The molecule has 1 atom stereocenters. The van der Waals surface area contributed by atoms with Crippen LogP contribution in [0.5, 0.6) is 0 Å². The highest BCUT2D eigenvalue weighted by Gasteiger charge is 2.36. The van der Waals surface area contributed by atoms with Crippen molar-refractivity contribution >= 4 is 82.6 Å². The standard InChI is InChI=1S/C25H18Br2N6S/c26-17-8-16(9-18(27)10-17)23-24(29-12-14-1-3-20-15(7-14)5-6-28-20)32-25(34)33(23)19-2-4-21-22(11-19)31-13-30-21/h1-11,13,23,28H,12H2,(H,30,31)(H,29,32,34). The predicted molar refractivity (Wildman–Crippen MR) is 148 cm³/mol. The molecule has 1 aliphatic rings. The molecule has 3 heterocycles. The molecule has 6 nitrogen and oxygen atoms in total. The zero-order valence-corrected chi connectivity index (χ0v) is 21.7. The zero-order valence-electron chi connectivity index (χ0n) is 17.7. The van der Waals surface area contributed by atoms with Crippen LogP contribution in [0.3, 0.4) is 0 Å². The highest BCUT2D eigenvalue weighted by molar-refractivity contribution is 9.11. The van der Waals surface area contributed by atoms with Crippen molar-refractivity contribution in [3.05, 3.63) is 93.3 Å². The highest BCUT2D eigenvalue weighted by atomic mass is 79.9. The van der Waals surface area contributed by atoms with Gasteiger partial charge in [0.15, 0.2) is 5.11 Å². The van der Waals surface area contributed by atoms with Crippen molar-refractivity contribution in [3.8, 4) is 0 Å². The van der Waals surface area contributed by atoms with Gasteiger partial charge in [-0.15, -0.1) is 0 Å². The van der Waals surface area contributed by atoms with Crippen molar-refractivity contribution in [3.63, 3.8) is 0 Å². The van der Waals surface area contributed by atoms with Crippen LogP contribution in [0.15, 0.2) is 87.1 Å². The first kappa shape index (κ1) is 21.5. The largest absolute Gasteiger partial charge is 0.361 e. The Morgan fingerprint density at radius 1 is 0.941 bits per heavy atom. The molecule has 0 spiro atoms. The van der Waals surface area contributed by atoms with E-state index < -0.39 is 0 Å². The molecule has 0 radical (unpaired) electrons. The third-order valence-corrected chi connectivity index (χ3v) is 7.12. The van der Waals surface area contributed by atoms with Crippen molar-refractivity contribution < 1.29 is 0 Å². The molecular formula is C25H18Br2N6S. The molecule has 168 valence electrons. The van der Waals surface area contributed by atoms with Gasteiger partial charge in [0.25, 0.3) is 0 Å². The second-order valence-electron chi connectivity index (χ2n) is 8.11. The summed E-state index contributed by atoms with van der Waals surface area (Å²) in [5, 5.41) is 5.17. The summed E-state index contributed by atoms with van der Waals surface area (Å²) in [7, 11) is 0. The second kappa shape index (κ2) is 8.65. The summed E-state index contributed by atoms with van der Waals surface area (Å²) < 4.78 is 1.96. The molecule has 0 bridgehead atoms. The Kier molecular flexibility index (Phi) is 5.47. The molecule has 1 aliphatic heterocycles. The lowest BCUT2D eigenvalue weighted by Crippen LogP contribution is -2.29. The number of anilines is 1. The zero-order chi connectivity index (χ0) is 23.2. The Bertz CT molecular complexity index is 1570. The summed E-state index contributed by atoms with van der Waals surface area (Å²) >= 11 is 13.1.